The average Bonchev–Trinajstić information content (AvgIpc) is 2.43. The van der Waals surface area contributed by atoms with Crippen molar-refractivity contribution >= 4 is 15.8 Å². The molecule has 20 heavy (non-hydrogen) atoms. The summed E-state index contributed by atoms with van der Waals surface area (Å²) in [5.74, 6) is -0.277. The summed E-state index contributed by atoms with van der Waals surface area (Å²) in [6.45, 7) is 2.18. The quantitative estimate of drug-likeness (QED) is 0.413. The summed E-state index contributed by atoms with van der Waals surface area (Å²) in [5, 5.41) is 19.3. The molecule has 0 amide bonds. The minimum Gasteiger partial charge on any atom is -0.396 e. The number of hydrogen-bond acceptors (Lipinski definition) is 6. The smallest absolute Gasteiger partial charge is 0.363 e. The predicted octanol–water partition coefficient (Wildman–Crippen LogP) is 0.677. The molecular formula is C11H17N3O5S. The molecule has 0 radical (unpaired) electrons. The van der Waals surface area contributed by atoms with E-state index in [1.165, 1.54) is 0 Å². The zero-order chi connectivity index (χ0) is 15.2. The van der Waals surface area contributed by atoms with Crippen molar-refractivity contribution in [1.82, 2.24) is 9.71 Å². The van der Waals surface area contributed by atoms with Crippen LogP contribution in [0.3, 0.4) is 0 Å². The zero-order valence-electron chi connectivity index (χ0n) is 11.0. The van der Waals surface area contributed by atoms with E-state index >= 15 is 0 Å². The molecule has 1 rings (SSSR count). The summed E-state index contributed by atoms with van der Waals surface area (Å²) in [6, 6.07) is 2.19. The lowest BCUT2D eigenvalue weighted by Gasteiger charge is -2.08. The molecule has 0 saturated heterocycles. The van der Waals surface area contributed by atoms with Crippen LogP contribution in [0.15, 0.2) is 23.2 Å². The second-order valence-electron chi connectivity index (χ2n) is 4.44. The molecule has 112 valence electrons. The second-order valence-corrected chi connectivity index (χ2v) is 6.20. The minimum atomic E-state index is -3.71. The maximum atomic E-state index is 11.9. The third kappa shape index (κ3) is 4.83. The van der Waals surface area contributed by atoms with Crippen molar-refractivity contribution in [3.05, 3.63) is 28.4 Å². The van der Waals surface area contributed by atoms with Crippen LogP contribution < -0.4 is 4.72 Å². The summed E-state index contributed by atoms with van der Waals surface area (Å²) in [7, 11) is -3.71. The minimum absolute atomic E-state index is 0.0685. The molecule has 0 aromatic carbocycles. The highest BCUT2D eigenvalue weighted by atomic mass is 32.2. The first-order valence-electron chi connectivity index (χ1n) is 6.08. The predicted molar refractivity (Wildman–Crippen MR) is 71.6 cm³/mol. The highest BCUT2D eigenvalue weighted by Crippen LogP contribution is 2.12. The van der Waals surface area contributed by atoms with E-state index in [9.17, 15) is 18.5 Å². The fourth-order valence-electron chi connectivity index (χ4n) is 1.47. The van der Waals surface area contributed by atoms with Gasteiger partial charge in [0.1, 0.15) is 4.90 Å². The SMILES string of the molecule is CC(CO)CCCNS(=O)(=O)c1ccc([N+](=O)[O-])nc1. The molecule has 0 spiro atoms. The molecule has 0 aliphatic heterocycles. The third-order valence-electron chi connectivity index (χ3n) is 2.70. The Bertz CT molecular complexity index is 544. The molecule has 0 bridgehead atoms. The maximum Gasteiger partial charge on any atom is 0.363 e. The Morgan fingerprint density at radius 1 is 1.50 bits per heavy atom. The van der Waals surface area contributed by atoms with Crippen LogP contribution in [0.4, 0.5) is 5.82 Å². The monoisotopic (exact) mass is 303 g/mol. The molecular weight excluding hydrogens is 286 g/mol. The number of nitrogens with zero attached hydrogens (tertiary/aromatic N) is 2. The molecule has 9 heteroatoms. The topological polar surface area (TPSA) is 122 Å². The lowest BCUT2D eigenvalue weighted by Crippen LogP contribution is -2.25. The Hall–Kier alpha value is -1.58. The summed E-state index contributed by atoms with van der Waals surface area (Å²) >= 11 is 0. The summed E-state index contributed by atoms with van der Waals surface area (Å²) in [5.41, 5.74) is 0. The maximum absolute atomic E-state index is 11.9. The van der Waals surface area contributed by atoms with Crippen LogP contribution in [0, 0.1) is 16.0 Å². The van der Waals surface area contributed by atoms with Crippen molar-refractivity contribution in [2.24, 2.45) is 5.92 Å². The van der Waals surface area contributed by atoms with Crippen molar-refractivity contribution in [3.63, 3.8) is 0 Å². The Morgan fingerprint density at radius 2 is 2.20 bits per heavy atom. The molecule has 0 saturated carbocycles. The van der Waals surface area contributed by atoms with Gasteiger partial charge in [-0.25, -0.2) is 13.1 Å². The van der Waals surface area contributed by atoms with Crippen LogP contribution in [0.1, 0.15) is 19.8 Å². The van der Waals surface area contributed by atoms with Crippen molar-refractivity contribution in [1.29, 1.82) is 0 Å². The van der Waals surface area contributed by atoms with E-state index < -0.39 is 20.8 Å². The van der Waals surface area contributed by atoms with E-state index in [1.54, 1.807) is 0 Å². The molecule has 1 atom stereocenters. The van der Waals surface area contributed by atoms with Crippen LogP contribution >= 0.6 is 0 Å². The number of nitrogens with one attached hydrogen (secondary N) is 1. The van der Waals surface area contributed by atoms with Gasteiger partial charge in [-0.2, -0.15) is 0 Å². The first-order chi connectivity index (χ1) is 9.36. The van der Waals surface area contributed by atoms with Crippen LogP contribution in [0.5, 0.6) is 0 Å². The fourth-order valence-corrected chi connectivity index (χ4v) is 2.49. The van der Waals surface area contributed by atoms with Gasteiger partial charge in [0.05, 0.1) is 0 Å². The van der Waals surface area contributed by atoms with Gasteiger partial charge in [0.25, 0.3) is 0 Å². The van der Waals surface area contributed by atoms with E-state index in [1.807, 2.05) is 6.92 Å². The molecule has 8 nitrogen and oxygen atoms in total. The van der Waals surface area contributed by atoms with Gasteiger partial charge in [-0.1, -0.05) is 6.92 Å². The van der Waals surface area contributed by atoms with Gasteiger partial charge >= 0.3 is 5.82 Å². The second kappa shape index (κ2) is 7.27. The first-order valence-corrected chi connectivity index (χ1v) is 7.56. The van der Waals surface area contributed by atoms with Gasteiger partial charge in [0.15, 0.2) is 6.20 Å². The number of rotatable bonds is 8. The Morgan fingerprint density at radius 3 is 2.70 bits per heavy atom. The van der Waals surface area contributed by atoms with Gasteiger partial charge in [-0.15, -0.1) is 0 Å². The Kier molecular flexibility index (Phi) is 5.99. The van der Waals surface area contributed by atoms with E-state index in [2.05, 4.69) is 9.71 Å². The molecule has 1 unspecified atom stereocenters. The largest absolute Gasteiger partial charge is 0.396 e. The van der Waals surface area contributed by atoms with E-state index in [0.717, 1.165) is 18.3 Å². The highest BCUT2D eigenvalue weighted by molar-refractivity contribution is 7.89. The lowest BCUT2D eigenvalue weighted by atomic mass is 10.1. The number of pyridine rings is 1. The normalized spacial score (nSPS) is 13.1. The molecule has 1 heterocycles. The van der Waals surface area contributed by atoms with Gasteiger partial charge in [0, 0.05) is 19.2 Å². The van der Waals surface area contributed by atoms with E-state index in [0.29, 0.717) is 12.8 Å². The lowest BCUT2D eigenvalue weighted by molar-refractivity contribution is -0.389. The Labute approximate surface area is 117 Å². The van der Waals surface area contributed by atoms with Gasteiger partial charge in [-0.05, 0) is 34.7 Å². The first kappa shape index (κ1) is 16.5. The number of nitro groups is 1. The third-order valence-corrected chi connectivity index (χ3v) is 4.14. The number of aromatic nitrogens is 1. The molecule has 0 aliphatic rings. The number of sulfonamides is 1. The highest BCUT2D eigenvalue weighted by Gasteiger charge is 2.17. The van der Waals surface area contributed by atoms with Crippen LogP contribution in [0.2, 0.25) is 0 Å². The van der Waals surface area contributed by atoms with Crippen molar-refractivity contribution in [3.8, 4) is 0 Å². The van der Waals surface area contributed by atoms with E-state index in [-0.39, 0.29) is 24.0 Å². The molecule has 1 aromatic rings. The standard InChI is InChI=1S/C11H17N3O5S/c1-9(8-15)3-2-6-13-20(18,19)10-4-5-11(12-7-10)14(16)17/h4-5,7,9,13,15H,2-3,6,8H2,1H3. The molecule has 1 aromatic heterocycles. The Balaban J connectivity index is 2.58. The number of aliphatic hydroxyl groups is 1. The van der Waals surface area contributed by atoms with Crippen molar-refractivity contribution < 1.29 is 18.4 Å². The van der Waals surface area contributed by atoms with Crippen LogP contribution in [0.25, 0.3) is 0 Å². The van der Waals surface area contributed by atoms with E-state index in [4.69, 9.17) is 5.11 Å². The average molecular weight is 303 g/mol. The van der Waals surface area contributed by atoms with Crippen molar-refractivity contribution in [2.75, 3.05) is 13.2 Å². The van der Waals surface area contributed by atoms with Gasteiger partial charge in [-0.3, -0.25) is 0 Å². The molecule has 0 fully saturated rings. The molecule has 2 N–H and O–H groups in total. The summed E-state index contributed by atoms with van der Waals surface area (Å²) < 4.78 is 26.1. The summed E-state index contributed by atoms with van der Waals surface area (Å²) in [4.78, 5) is 13.1. The van der Waals surface area contributed by atoms with Crippen LogP contribution in [-0.2, 0) is 10.0 Å². The van der Waals surface area contributed by atoms with Gasteiger partial charge < -0.3 is 15.2 Å². The fraction of sp³-hybridized carbons (Fsp3) is 0.545. The van der Waals surface area contributed by atoms with Gasteiger partial charge in [0.2, 0.25) is 10.0 Å². The number of aliphatic hydroxyl groups excluding tert-OH is 1. The zero-order valence-corrected chi connectivity index (χ0v) is 11.8. The summed E-state index contributed by atoms with van der Waals surface area (Å²) in [6.07, 6.45) is 2.26. The number of hydrogen-bond donors (Lipinski definition) is 2. The van der Waals surface area contributed by atoms with Crippen LogP contribution in [-0.4, -0.2) is 36.6 Å². The van der Waals surface area contributed by atoms with Crippen molar-refractivity contribution in [2.45, 2.75) is 24.7 Å². The molecule has 0 aliphatic carbocycles.